The first-order chi connectivity index (χ1) is 9.59. The second kappa shape index (κ2) is 7.27. The molecule has 0 aromatic carbocycles. The van der Waals surface area contributed by atoms with Crippen molar-refractivity contribution in [1.82, 2.24) is 14.8 Å². The molecule has 0 spiro atoms. The van der Waals surface area contributed by atoms with Crippen LogP contribution in [-0.2, 0) is 9.53 Å². The average molecular weight is 357 g/mol. The number of nitrogens with zero attached hydrogens (tertiary/aromatic N) is 3. The van der Waals surface area contributed by atoms with E-state index >= 15 is 0 Å². The molecule has 2 atom stereocenters. The summed E-state index contributed by atoms with van der Waals surface area (Å²) >= 11 is 18.1. The van der Waals surface area contributed by atoms with Gasteiger partial charge in [-0.2, -0.15) is 5.10 Å². The summed E-state index contributed by atoms with van der Waals surface area (Å²) in [5, 5.41) is 4.02. The number of Topliss-reactive ketones (excluding diaryl/α,β-unsaturated/α-hetero) is 1. The Morgan fingerprint density at radius 3 is 2.33 bits per heavy atom. The Morgan fingerprint density at radius 2 is 1.95 bits per heavy atom. The molecule has 1 rings (SSSR count). The highest BCUT2D eigenvalue weighted by Gasteiger charge is 2.47. The van der Waals surface area contributed by atoms with Crippen molar-refractivity contribution in [2.45, 2.75) is 50.1 Å². The van der Waals surface area contributed by atoms with E-state index in [1.54, 1.807) is 20.8 Å². The van der Waals surface area contributed by atoms with Crippen LogP contribution < -0.4 is 0 Å². The standard InChI is InChI=1S/C13H20Cl3N3O2/c1-5-6-21-11(13(14,15)16)9(10(20)12(2,3)4)19-8-17-7-18-19/h7-9,11H,5-6H2,1-4H3. The molecule has 0 saturated carbocycles. The van der Waals surface area contributed by atoms with Crippen molar-refractivity contribution in [3.63, 3.8) is 0 Å². The monoisotopic (exact) mass is 355 g/mol. The molecule has 0 saturated heterocycles. The van der Waals surface area contributed by atoms with E-state index in [4.69, 9.17) is 39.5 Å². The Labute approximate surface area is 139 Å². The van der Waals surface area contributed by atoms with Crippen LogP contribution in [0.25, 0.3) is 0 Å². The normalized spacial score (nSPS) is 15.8. The molecule has 0 N–H and O–H groups in total. The first-order valence-corrected chi connectivity index (χ1v) is 7.79. The second-order valence-electron chi connectivity index (χ2n) is 5.77. The summed E-state index contributed by atoms with van der Waals surface area (Å²) in [6.45, 7) is 7.71. The van der Waals surface area contributed by atoms with E-state index in [0.717, 1.165) is 6.42 Å². The zero-order valence-electron chi connectivity index (χ0n) is 12.5. The zero-order chi connectivity index (χ0) is 16.3. The molecule has 0 bridgehead atoms. The van der Waals surface area contributed by atoms with Gasteiger partial charge in [-0.05, 0) is 6.42 Å². The Balaban J connectivity index is 3.23. The summed E-state index contributed by atoms with van der Waals surface area (Å²) in [7, 11) is 0. The summed E-state index contributed by atoms with van der Waals surface area (Å²) < 4.78 is 5.28. The fraction of sp³-hybridized carbons (Fsp3) is 0.769. The van der Waals surface area contributed by atoms with Crippen molar-refractivity contribution in [1.29, 1.82) is 0 Å². The first-order valence-electron chi connectivity index (χ1n) is 6.65. The Hall–Kier alpha value is -0.360. The molecule has 0 aliphatic rings. The topological polar surface area (TPSA) is 57.0 Å². The average Bonchev–Trinajstić information content (AvgIpc) is 2.84. The molecule has 120 valence electrons. The van der Waals surface area contributed by atoms with Crippen molar-refractivity contribution in [2.24, 2.45) is 5.41 Å². The van der Waals surface area contributed by atoms with Gasteiger partial charge < -0.3 is 4.74 Å². The third-order valence-electron chi connectivity index (χ3n) is 2.84. The van der Waals surface area contributed by atoms with Gasteiger partial charge in [0.2, 0.25) is 3.79 Å². The quantitative estimate of drug-likeness (QED) is 0.731. The van der Waals surface area contributed by atoms with Crippen LogP contribution in [0, 0.1) is 5.41 Å². The van der Waals surface area contributed by atoms with Gasteiger partial charge in [0.1, 0.15) is 24.8 Å². The number of aromatic nitrogens is 3. The predicted octanol–water partition coefficient (Wildman–Crippen LogP) is 3.60. The number of carbonyl (C=O) groups is 1. The molecule has 0 aliphatic carbocycles. The third kappa shape index (κ3) is 5.09. The van der Waals surface area contributed by atoms with Gasteiger partial charge in [-0.15, -0.1) is 0 Å². The fourth-order valence-electron chi connectivity index (χ4n) is 1.81. The molecule has 0 aliphatic heterocycles. The largest absolute Gasteiger partial charge is 0.371 e. The van der Waals surface area contributed by atoms with Gasteiger partial charge in [0, 0.05) is 12.0 Å². The SMILES string of the molecule is CCCOC(C(C(=O)C(C)(C)C)n1cncn1)C(Cl)(Cl)Cl. The van der Waals surface area contributed by atoms with Crippen LogP contribution in [0.5, 0.6) is 0 Å². The molecule has 2 unspecified atom stereocenters. The van der Waals surface area contributed by atoms with E-state index in [9.17, 15) is 4.79 Å². The number of ketones is 1. The number of hydrogen-bond acceptors (Lipinski definition) is 4. The van der Waals surface area contributed by atoms with Gasteiger partial charge in [0.25, 0.3) is 0 Å². The lowest BCUT2D eigenvalue weighted by Gasteiger charge is -2.34. The van der Waals surface area contributed by atoms with Crippen molar-refractivity contribution in [3.05, 3.63) is 12.7 Å². The van der Waals surface area contributed by atoms with Gasteiger partial charge in [0.15, 0.2) is 5.78 Å². The number of rotatable bonds is 6. The van der Waals surface area contributed by atoms with Gasteiger partial charge >= 0.3 is 0 Å². The molecule has 21 heavy (non-hydrogen) atoms. The number of carbonyl (C=O) groups excluding carboxylic acids is 1. The second-order valence-corrected chi connectivity index (χ2v) is 8.14. The van der Waals surface area contributed by atoms with Crippen molar-refractivity contribution in [3.8, 4) is 0 Å². The highest BCUT2D eigenvalue weighted by atomic mass is 35.6. The van der Waals surface area contributed by atoms with Gasteiger partial charge in [-0.3, -0.25) is 4.79 Å². The number of hydrogen-bond donors (Lipinski definition) is 0. The highest BCUT2D eigenvalue weighted by molar-refractivity contribution is 6.68. The highest BCUT2D eigenvalue weighted by Crippen LogP contribution is 2.40. The van der Waals surface area contributed by atoms with Crippen LogP contribution in [0.4, 0.5) is 0 Å². The fourth-order valence-corrected chi connectivity index (χ4v) is 2.36. The number of halogens is 3. The van der Waals surface area contributed by atoms with E-state index < -0.39 is 21.4 Å². The maximum atomic E-state index is 12.8. The van der Waals surface area contributed by atoms with Crippen LogP contribution in [0.15, 0.2) is 12.7 Å². The predicted molar refractivity (Wildman–Crippen MR) is 83.8 cm³/mol. The van der Waals surface area contributed by atoms with Crippen LogP contribution in [-0.4, -0.2) is 37.1 Å². The lowest BCUT2D eigenvalue weighted by atomic mass is 9.84. The molecule has 8 heteroatoms. The van der Waals surface area contributed by atoms with Gasteiger partial charge in [-0.25, -0.2) is 9.67 Å². The molecule has 0 amide bonds. The van der Waals surface area contributed by atoms with E-state index in [1.165, 1.54) is 17.3 Å². The van der Waals surface area contributed by atoms with E-state index in [-0.39, 0.29) is 5.78 Å². The minimum atomic E-state index is -1.76. The lowest BCUT2D eigenvalue weighted by molar-refractivity contribution is -0.135. The minimum absolute atomic E-state index is 0.138. The molecule has 0 radical (unpaired) electrons. The smallest absolute Gasteiger partial charge is 0.218 e. The van der Waals surface area contributed by atoms with E-state index in [0.29, 0.717) is 6.61 Å². The molecular formula is C13H20Cl3N3O2. The van der Waals surface area contributed by atoms with Crippen LogP contribution in [0.2, 0.25) is 0 Å². The Kier molecular flexibility index (Phi) is 6.47. The molecular weight excluding hydrogens is 337 g/mol. The van der Waals surface area contributed by atoms with E-state index in [2.05, 4.69) is 10.1 Å². The maximum absolute atomic E-state index is 12.8. The Bertz CT molecular complexity index is 452. The summed E-state index contributed by atoms with van der Waals surface area (Å²) in [5.41, 5.74) is -0.639. The van der Waals surface area contributed by atoms with Crippen molar-refractivity contribution in [2.75, 3.05) is 6.61 Å². The maximum Gasteiger partial charge on any atom is 0.218 e. The zero-order valence-corrected chi connectivity index (χ0v) is 14.8. The van der Waals surface area contributed by atoms with Crippen LogP contribution in [0.1, 0.15) is 40.2 Å². The van der Waals surface area contributed by atoms with Crippen LogP contribution >= 0.6 is 34.8 Å². The summed E-state index contributed by atoms with van der Waals surface area (Å²) in [5.74, 6) is -0.138. The molecule has 5 nitrogen and oxygen atoms in total. The molecule has 0 fully saturated rings. The van der Waals surface area contributed by atoms with Gasteiger partial charge in [0.05, 0.1) is 0 Å². The molecule has 1 aromatic rings. The minimum Gasteiger partial charge on any atom is -0.371 e. The number of ether oxygens (including phenoxy) is 1. The van der Waals surface area contributed by atoms with Crippen molar-refractivity contribution < 1.29 is 9.53 Å². The summed E-state index contributed by atoms with van der Waals surface area (Å²) in [6, 6.07) is -0.855. The lowest BCUT2D eigenvalue weighted by Crippen LogP contribution is -2.45. The first kappa shape index (κ1) is 18.7. The molecule has 1 heterocycles. The summed E-state index contributed by atoms with van der Waals surface area (Å²) in [6.07, 6.45) is 2.55. The summed E-state index contributed by atoms with van der Waals surface area (Å²) in [4.78, 5) is 16.6. The molecule has 1 aromatic heterocycles. The third-order valence-corrected chi connectivity index (χ3v) is 3.49. The Morgan fingerprint density at radius 1 is 1.33 bits per heavy atom. The number of alkyl halides is 3. The van der Waals surface area contributed by atoms with E-state index in [1.807, 2.05) is 6.92 Å². The van der Waals surface area contributed by atoms with Crippen LogP contribution in [0.3, 0.4) is 0 Å². The van der Waals surface area contributed by atoms with Gasteiger partial charge in [-0.1, -0.05) is 62.5 Å². The van der Waals surface area contributed by atoms with Crippen molar-refractivity contribution >= 4 is 40.6 Å².